The summed E-state index contributed by atoms with van der Waals surface area (Å²) in [5.74, 6) is 0.603. The molecule has 0 radical (unpaired) electrons. The lowest BCUT2D eigenvalue weighted by molar-refractivity contribution is -0.137. The second kappa shape index (κ2) is 4.63. The van der Waals surface area contributed by atoms with E-state index in [1.807, 2.05) is 0 Å². The van der Waals surface area contributed by atoms with Crippen LogP contribution in [0.25, 0.3) is 0 Å². The molecule has 1 nitrogen and oxygen atoms in total. The Bertz CT molecular complexity index is 364. The fourth-order valence-electron chi connectivity index (χ4n) is 1.86. The largest absolute Gasteiger partial charge is 0.416 e. The van der Waals surface area contributed by atoms with Gasteiger partial charge in [-0.15, -0.1) is 12.4 Å². The van der Waals surface area contributed by atoms with E-state index < -0.39 is 11.7 Å². The third kappa shape index (κ3) is 2.68. The third-order valence-corrected chi connectivity index (χ3v) is 2.87. The van der Waals surface area contributed by atoms with Crippen molar-refractivity contribution in [1.82, 2.24) is 0 Å². The van der Waals surface area contributed by atoms with Crippen molar-refractivity contribution in [2.75, 3.05) is 6.54 Å². The van der Waals surface area contributed by atoms with Gasteiger partial charge in [0, 0.05) is 0 Å². The quantitative estimate of drug-likeness (QED) is 0.858. The van der Waals surface area contributed by atoms with Crippen LogP contribution in [0.1, 0.15) is 23.5 Å². The number of hydrogen-bond donors (Lipinski definition) is 1. The predicted octanol–water partition coefficient (Wildman–Crippen LogP) is 3.19. The highest BCUT2D eigenvalue weighted by Gasteiger charge is 2.38. The van der Waals surface area contributed by atoms with Crippen LogP contribution in [0.4, 0.5) is 13.2 Å². The van der Waals surface area contributed by atoms with Crippen molar-refractivity contribution >= 4 is 12.4 Å². The Kier molecular flexibility index (Phi) is 3.86. The summed E-state index contributed by atoms with van der Waals surface area (Å²) in [5.41, 5.74) is 5.66. The standard InChI is InChI=1S/C11H12F3N.ClH/c12-11(13,14)9-3-1-2-7(4-9)10-5-8(10)6-15;/h1-4,8,10H,5-6,15H2;1H. The molecule has 0 bridgehead atoms. The minimum absolute atomic E-state index is 0. The molecule has 0 aliphatic heterocycles. The van der Waals surface area contributed by atoms with E-state index in [0.717, 1.165) is 18.1 Å². The SMILES string of the molecule is Cl.NCC1CC1c1cccc(C(F)(F)F)c1. The van der Waals surface area contributed by atoms with E-state index in [0.29, 0.717) is 12.5 Å². The topological polar surface area (TPSA) is 26.0 Å². The van der Waals surface area contributed by atoms with Crippen LogP contribution in [0.5, 0.6) is 0 Å². The van der Waals surface area contributed by atoms with Gasteiger partial charge in [0.15, 0.2) is 0 Å². The molecule has 2 rings (SSSR count). The van der Waals surface area contributed by atoms with E-state index in [1.165, 1.54) is 12.1 Å². The molecule has 1 aliphatic rings. The van der Waals surface area contributed by atoms with Crippen molar-refractivity contribution in [2.45, 2.75) is 18.5 Å². The summed E-state index contributed by atoms with van der Waals surface area (Å²) in [6.45, 7) is 0.556. The Morgan fingerprint density at radius 1 is 1.31 bits per heavy atom. The minimum atomic E-state index is -4.25. The van der Waals surface area contributed by atoms with Gasteiger partial charge in [0.05, 0.1) is 5.56 Å². The molecule has 0 spiro atoms. The number of halogens is 4. The van der Waals surface area contributed by atoms with Gasteiger partial charge in [0.25, 0.3) is 0 Å². The third-order valence-electron chi connectivity index (χ3n) is 2.87. The van der Waals surface area contributed by atoms with E-state index in [4.69, 9.17) is 5.73 Å². The normalized spacial score (nSPS) is 23.8. The number of hydrogen-bond acceptors (Lipinski definition) is 1. The molecule has 2 N–H and O–H groups in total. The van der Waals surface area contributed by atoms with E-state index in [9.17, 15) is 13.2 Å². The maximum absolute atomic E-state index is 12.4. The molecule has 1 fully saturated rings. The maximum Gasteiger partial charge on any atom is 0.416 e. The molecule has 1 aromatic rings. The lowest BCUT2D eigenvalue weighted by atomic mass is 10.1. The van der Waals surface area contributed by atoms with Crippen molar-refractivity contribution in [2.24, 2.45) is 11.7 Å². The summed E-state index contributed by atoms with van der Waals surface area (Å²) in [4.78, 5) is 0. The molecule has 16 heavy (non-hydrogen) atoms. The van der Waals surface area contributed by atoms with E-state index in [2.05, 4.69) is 0 Å². The average Bonchev–Trinajstić information content (AvgIpc) is 2.95. The van der Waals surface area contributed by atoms with Gasteiger partial charge in [-0.25, -0.2) is 0 Å². The van der Waals surface area contributed by atoms with Gasteiger partial charge in [-0.1, -0.05) is 18.2 Å². The molecule has 2 atom stereocenters. The molecule has 1 aliphatic carbocycles. The van der Waals surface area contributed by atoms with Crippen LogP contribution < -0.4 is 5.73 Å². The van der Waals surface area contributed by atoms with Crippen LogP contribution in [0.3, 0.4) is 0 Å². The summed E-state index contributed by atoms with van der Waals surface area (Å²) in [5, 5.41) is 0. The molecule has 0 aromatic heterocycles. The molecule has 90 valence electrons. The van der Waals surface area contributed by atoms with Crippen LogP contribution in [0.2, 0.25) is 0 Å². The first kappa shape index (κ1) is 13.3. The maximum atomic E-state index is 12.4. The van der Waals surface area contributed by atoms with E-state index in [-0.39, 0.29) is 18.3 Å². The summed E-state index contributed by atoms with van der Waals surface area (Å²) in [6.07, 6.45) is -3.33. The van der Waals surface area contributed by atoms with Crippen molar-refractivity contribution in [3.63, 3.8) is 0 Å². The van der Waals surface area contributed by atoms with Crippen LogP contribution >= 0.6 is 12.4 Å². The monoisotopic (exact) mass is 251 g/mol. The lowest BCUT2D eigenvalue weighted by Gasteiger charge is -2.08. The Morgan fingerprint density at radius 2 is 2.00 bits per heavy atom. The second-order valence-corrected chi connectivity index (χ2v) is 3.96. The van der Waals surface area contributed by atoms with E-state index >= 15 is 0 Å². The Hall–Kier alpha value is -0.740. The van der Waals surface area contributed by atoms with Crippen molar-refractivity contribution in [1.29, 1.82) is 0 Å². The molecular formula is C11H13ClF3N. The van der Waals surface area contributed by atoms with Crippen LogP contribution in [-0.2, 0) is 6.18 Å². The van der Waals surface area contributed by atoms with Crippen LogP contribution in [0.15, 0.2) is 24.3 Å². The van der Waals surface area contributed by atoms with Gasteiger partial charge in [-0.3, -0.25) is 0 Å². The van der Waals surface area contributed by atoms with Gasteiger partial charge >= 0.3 is 6.18 Å². The smallest absolute Gasteiger partial charge is 0.330 e. The van der Waals surface area contributed by atoms with Crippen molar-refractivity contribution < 1.29 is 13.2 Å². The Morgan fingerprint density at radius 3 is 2.50 bits per heavy atom. The van der Waals surface area contributed by atoms with E-state index in [1.54, 1.807) is 6.07 Å². The highest BCUT2D eigenvalue weighted by atomic mass is 35.5. The van der Waals surface area contributed by atoms with Gasteiger partial charge < -0.3 is 5.73 Å². The minimum Gasteiger partial charge on any atom is -0.330 e. The van der Waals surface area contributed by atoms with Crippen molar-refractivity contribution in [3.05, 3.63) is 35.4 Å². The first-order chi connectivity index (χ1) is 7.02. The van der Waals surface area contributed by atoms with Gasteiger partial charge in [-0.05, 0) is 36.4 Å². The lowest BCUT2D eigenvalue weighted by Crippen LogP contribution is -2.06. The molecule has 1 aromatic carbocycles. The second-order valence-electron chi connectivity index (χ2n) is 3.96. The molecule has 0 heterocycles. The predicted molar refractivity (Wildman–Crippen MR) is 58.6 cm³/mol. The summed E-state index contributed by atoms with van der Waals surface area (Å²) in [6, 6.07) is 5.54. The first-order valence-corrected chi connectivity index (χ1v) is 4.89. The zero-order valence-electron chi connectivity index (χ0n) is 8.50. The molecule has 1 saturated carbocycles. The zero-order chi connectivity index (χ0) is 11.1. The molecule has 2 unspecified atom stereocenters. The highest BCUT2D eigenvalue weighted by molar-refractivity contribution is 5.85. The number of benzene rings is 1. The van der Waals surface area contributed by atoms with Gasteiger partial charge in [0.2, 0.25) is 0 Å². The van der Waals surface area contributed by atoms with Crippen molar-refractivity contribution in [3.8, 4) is 0 Å². The fourth-order valence-corrected chi connectivity index (χ4v) is 1.86. The Labute approximate surface area is 98.2 Å². The first-order valence-electron chi connectivity index (χ1n) is 4.89. The van der Waals surface area contributed by atoms with Gasteiger partial charge in [0.1, 0.15) is 0 Å². The number of nitrogens with two attached hydrogens (primary N) is 1. The molecular weight excluding hydrogens is 239 g/mol. The number of alkyl halides is 3. The summed E-state index contributed by atoms with van der Waals surface area (Å²) in [7, 11) is 0. The summed E-state index contributed by atoms with van der Waals surface area (Å²) < 4.78 is 37.2. The number of rotatable bonds is 2. The zero-order valence-corrected chi connectivity index (χ0v) is 9.31. The van der Waals surface area contributed by atoms with Gasteiger partial charge in [-0.2, -0.15) is 13.2 Å². The average molecular weight is 252 g/mol. The molecule has 0 saturated heterocycles. The van der Waals surface area contributed by atoms with Crippen LogP contribution in [-0.4, -0.2) is 6.54 Å². The summed E-state index contributed by atoms with van der Waals surface area (Å²) >= 11 is 0. The highest BCUT2D eigenvalue weighted by Crippen LogP contribution is 2.47. The fraction of sp³-hybridized carbons (Fsp3) is 0.455. The van der Waals surface area contributed by atoms with Crippen LogP contribution in [0, 0.1) is 5.92 Å². The molecule has 0 amide bonds. The molecule has 5 heteroatoms. The Balaban J connectivity index is 0.00000128.